The molecule has 0 fully saturated rings. The van der Waals surface area contributed by atoms with Crippen molar-refractivity contribution in [1.29, 1.82) is 0 Å². The number of carbonyl (C=O) groups excluding carboxylic acids is 1. The zero-order chi connectivity index (χ0) is 10.4. The summed E-state index contributed by atoms with van der Waals surface area (Å²) in [4.78, 5) is 11.1. The van der Waals surface area contributed by atoms with Gasteiger partial charge in [0.15, 0.2) is 0 Å². The molecular formula is C11H18O3. The average molecular weight is 198 g/mol. The molecule has 0 saturated carbocycles. The fourth-order valence-corrected chi connectivity index (χ4v) is 1.67. The van der Waals surface area contributed by atoms with Gasteiger partial charge in [-0.05, 0) is 38.2 Å². The Morgan fingerprint density at radius 3 is 3.14 bits per heavy atom. The van der Waals surface area contributed by atoms with E-state index in [1.165, 1.54) is 0 Å². The van der Waals surface area contributed by atoms with Crippen molar-refractivity contribution in [3.63, 3.8) is 0 Å². The molecule has 0 spiro atoms. The Balaban J connectivity index is 2.29. The first-order chi connectivity index (χ1) is 6.74. The Labute approximate surface area is 84.8 Å². The second-order valence-electron chi connectivity index (χ2n) is 3.53. The lowest BCUT2D eigenvalue weighted by molar-refractivity contribution is -0.143. The summed E-state index contributed by atoms with van der Waals surface area (Å²) >= 11 is 0. The Morgan fingerprint density at radius 1 is 1.71 bits per heavy atom. The molecule has 1 N–H and O–H groups in total. The fraction of sp³-hybridized carbons (Fsp3) is 0.727. The monoisotopic (exact) mass is 198 g/mol. The van der Waals surface area contributed by atoms with Gasteiger partial charge in [-0.25, -0.2) is 0 Å². The summed E-state index contributed by atoms with van der Waals surface area (Å²) in [6.07, 6.45) is 5.64. The lowest BCUT2D eigenvalue weighted by atomic mass is 9.93. The van der Waals surface area contributed by atoms with E-state index in [0.717, 1.165) is 24.8 Å². The molecule has 0 aliphatic heterocycles. The third-order valence-electron chi connectivity index (χ3n) is 2.44. The number of hydrogen-bond donors (Lipinski definition) is 1. The van der Waals surface area contributed by atoms with Gasteiger partial charge in [-0.15, -0.1) is 0 Å². The molecule has 0 aromatic carbocycles. The minimum Gasteiger partial charge on any atom is -0.466 e. The standard InChI is InChI=1S/C11H18O3/c1-2-14-11(13)8-7-9-5-3-4-6-10(9)12/h5,10,12H,2-4,6-8H2,1H3. The summed E-state index contributed by atoms with van der Waals surface area (Å²) in [5, 5.41) is 9.59. The number of allylic oxidation sites excluding steroid dienone is 1. The van der Waals surface area contributed by atoms with Crippen molar-refractivity contribution in [2.24, 2.45) is 0 Å². The quantitative estimate of drug-likeness (QED) is 0.553. The van der Waals surface area contributed by atoms with Gasteiger partial charge in [0.2, 0.25) is 0 Å². The summed E-state index contributed by atoms with van der Waals surface area (Å²) in [5.41, 5.74) is 1.00. The van der Waals surface area contributed by atoms with Crippen LogP contribution in [0.1, 0.15) is 39.0 Å². The minimum absolute atomic E-state index is 0.175. The number of aliphatic hydroxyl groups is 1. The summed E-state index contributed by atoms with van der Waals surface area (Å²) in [6, 6.07) is 0. The van der Waals surface area contributed by atoms with Gasteiger partial charge >= 0.3 is 5.97 Å². The molecule has 1 aliphatic rings. The molecule has 3 heteroatoms. The van der Waals surface area contributed by atoms with E-state index >= 15 is 0 Å². The molecule has 0 heterocycles. The Bertz CT molecular complexity index is 221. The molecule has 0 aromatic heterocycles. The molecule has 1 aliphatic carbocycles. The lowest BCUT2D eigenvalue weighted by Gasteiger charge is -2.18. The van der Waals surface area contributed by atoms with Gasteiger partial charge in [0.05, 0.1) is 12.7 Å². The highest BCUT2D eigenvalue weighted by atomic mass is 16.5. The van der Waals surface area contributed by atoms with Crippen molar-refractivity contribution in [2.45, 2.75) is 45.1 Å². The predicted molar refractivity (Wildman–Crippen MR) is 53.8 cm³/mol. The van der Waals surface area contributed by atoms with Crippen LogP contribution in [0.5, 0.6) is 0 Å². The third-order valence-corrected chi connectivity index (χ3v) is 2.44. The topological polar surface area (TPSA) is 46.5 Å². The van der Waals surface area contributed by atoms with Crippen LogP contribution in [0.4, 0.5) is 0 Å². The van der Waals surface area contributed by atoms with Crippen molar-refractivity contribution >= 4 is 5.97 Å². The largest absolute Gasteiger partial charge is 0.466 e. The SMILES string of the molecule is CCOC(=O)CCC1=CCCCC1O. The maximum absolute atomic E-state index is 11.1. The fourth-order valence-electron chi connectivity index (χ4n) is 1.67. The van der Waals surface area contributed by atoms with E-state index in [-0.39, 0.29) is 12.1 Å². The molecule has 0 saturated heterocycles. The van der Waals surface area contributed by atoms with E-state index in [0.29, 0.717) is 19.4 Å². The maximum Gasteiger partial charge on any atom is 0.306 e. The van der Waals surface area contributed by atoms with E-state index in [2.05, 4.69) is 0 Å². The number of aliphatic hydroxyl groups excluding tert-OH is 1. The van der Waals surface area contributed by atoms with E-state index < -0.39 is 0 Å². The summed E-state index contributed by atoms with van der Waals surface area (Å²) in [6.45, 7) is 2.23. The Morgan fingerprint density at radius 2 is 2.50 bits per heavy atom. The number of esters is 1. The van der Waals surface area contributed by atoms with Gasteiger partial charge in [-0.1, -0.05) is 6.08 Å². The molecule has 1 unspecified atom stereocenters. The highest BCUT2D eigenvalue weighted by Gasteiger charge is 2.15. The van der Waals surface area contributed by atoms with Crippen molar-refractivity contribution in [1.82, 2.24) is 0 Å². The molecule has 0 radical (unpaired) electrons. The Kier molecular flexibility index (Phi) is 4.66. The van der Waals surface area contributed by atoms with Gasteiger partial charge in [-0.3, -0.25) is 4.79 Å². The van der Waals surface area contributed by atoms with Crippen LogP contribution >= 0.6 is 0 Å². The normalized spacial score (nSPS) is 21.6. The van der Waals surface area contributed by atoms with Crippen LogP contribution in [0.3, 0.4) is 0 Å². The summed E-state index contributed by atoms with van der Waals surface area (Å²) < 4.78 is 4.82. The summed E-state index contributed by atoms with van der Waals surface area (Å²) in [5.74, 6) is -0.175. The molecule has 0 bridgehead atoms. The van der Waals surface area contributed by atoms with Crippen molar-refractivity contribution in [2.75, 3.05) is 6.61 Å². The van der Waals surface area contributed by atoms with Crippen LogP contribution in [-0.2, 0) is 9.53 Å². The molecule has 14 heavy (non-hydrogen) atoms. The number of ether oxygens (including phenoxy) is 1. The first-order valence-electron chi connectivity index (χ1n) is 5.26. The van der Waals surface area contributed by atoms with Crippen molar-refractivity contribution in [3.05, 3.63) is 11.6 Å². The van der Waals surface area contributed by atoms with Gasteiger partial charge in [0, 0.05) is 6.42 Å². The second-order valence-corrected chi connectivity index (χ2v) is 3.53. The molecule has 1 atom stereocenters. The second kappa shape index (κ2) is 5.81. The first kappa shape index (κ1) is 11.2. The van der Waals surface area contributed by atoms with E-state index in [1.54, 1.807) is 6.92 Å². The highest BCUT2D eigenvalue weighted by Crippen LogP contribution is 2.22. The summed E-state index contributed by atoms with van der Waals surface area (Å²) in [7, 11) is 0. The van der Waals surface area contributed by atoms with Gasteiger partial charge in [0.1, 0.15) is 0 Å². The van der Waals surface area contributed by atoms with Crippen LogP contribution in [0.2, 0.25) is 0 Å². The average Bonchev–Trinajstić information content (AvgIpc) is 2.17. The van der Waals surface area contributed by atoms with Crippen LogP contribution in [0.15, 0.2) is 11.6 Å². The predicted octanol–water partition coefficient (Wildman–Crippen LogP) is 1.80. The van der Waals surface area contributed by atoms with E-state index in [9.17, 15) is 9.90 Å². The molecule has 0 aromatic rings. The van der Waals surface area contributed by atoms with Crippen LogP contribution in [-0.4, -0.2) is 23.8 Å². The molecule has 0 amide bonds. The number of hydrogen-bond acceptors (Lipinski definition) is 3. The van der Waals surface area contributed by atoms with Crippen LogP contribution < -0.4 is 0 Å². The first-order valence-corrected chi connectivity index (χ1v) is 5.26. The van der Waals surface area contributed by atoms with E-state index in [1.807, 2.05) is 6.08 Å². The maximum atomic E-state index is 11.1. The van der Waals surface area contributed by atoms with E-state index in [4.69, 9.17) is 4.74 Å². The molecule has 1 rings (SSSR count). The van der Waals surface area contributed by atoms with Crippen LogP contribution in [0.25, 0.3) is 0 Å². The Hall–Kier alpha value is -0.830. The molecule has 3 nitrogen and oxygen atoms in total. The van der Waals surface area contributed by atoms with Gasteiger partial charge in [-0.2, -0.15) is 0 Å². The highest BCUT2D eigenvalue weighted by molar-refractivity contribution is 5.69. The van der Waals surface area contributed by atoms with Crippen LogP contribution in [0, 0.1) is 0 Å². The third kappa shape index (κ3) is 3.50. The molecule has 80 valence electrons. The smallest absolute Gasteiger partial charge is 0.306 e. The zero-order valence-electron chi connectivity index (χ0n) is 8.66. The molecular weight excluding hydrogens is 180 g/mol. The van der Waals surface area contributed by atoms with Crippen molar-refractivity contribution < 1.29 is 14.6 Å². The number of rotatable bonds is 4. The lowest BCUT2D eigenvalue weighted by Crippen LogP contribution is -2.15. The van der Waals surface area contributed by atoms with Gasteiger partial charge in [0.25, 0.3) is 0 Å². The number of carbonyl (C=O) groups is 1. The van der Waals surface area contributed by atoms with Gasteiger partial charge < -0.3 is 9.84 Å². The minimum atomic E-state index is -0.335. The zero-order valence-corrected chi connectivity index (χ0v) is 8.66. The van der Waals surface area contributed by atoms with Crippen molar-refractivity contribution in [3.8, 4) is 0 Å².